The molecular weight excluding hydrogens is 504 g/mol. The van der Waals surface area contributed by atoms with E-state index in [-0.39, 0.29) is 5.91 Å². The molecule has 1 aromatic heterocycles. The van der Waals surface area contributed by atoms with E-state index in [1.807, 2.05) is 60.7 Å². The zero-order valence-corrected chi connectivity index (χ0v) is 20.3. The van der Waals surface area contributed by atoms with Gasteiger partial charge in [0.2, 0.25) is 5.91 Å². The van der Waals surface area contributed by atoms with Crippen molar-refractivity contribution in [2.75, 3.05) is 14.1 Å². The number of carbonyl (C=O) groups excluding carboxylic acids is 1. The summed E-state index contributed by atoms with van der Waals surface area (Å²) in [5.74, 6) is -0.187. The van der Waals surface area contributed by atoms with E-state index >= 15 is 0 Å². The Labute approximate surface area is 204 Å². The Kier molecular flexibility index (Phi) is 4.24. The summed E-state index contributed by atoms with van der Waals surface area (Å²) >= 11 is 9.76. The molecule has 0 unspecified atom stereocenters. The number of aromatic nitrogens is 1. The van der Waals surface area contributed by atoms with Gasteiger partial charge in [0.25, 0.3) is 0 Å². The van der Waals surface area contributed by atoms with Crippen molar-refractivity contribution in [2.24, 2.45) is 5.41 Å². The van der Waals surface area contributed by atoms with Crippen molar-refractivity contribution < 1.29 is 14.6 Å². The summed E-state index contributed by atoms with van der Waals surface area (Å²) in [6.07, 6.45) is 3.40. The van der Waals surface area contributed by atoms with Crippen molar-refractivity contribution in [3.05, 3.63) is 105 Å². The van der Waals surface area contributed by atoms with E-state index in [2.05, 4.69) is 20.9 Å². The first kappa shape index (κ1) is 20.9. The molecule has 2 aromatic carbocycles. The number of hydrogen-bond donors (Lipinski definition) is 1. The Morgan fingerprint density at radius 2 is 1.85 bits per heavy atom. The molecule has 6 rings (SSSR count). The summed E-state index contributed by atoms with van der Waals surface area (Å²) < 4.78 is 7.63. The van der Waals surface area contributed by atoms with Gasteiger partial charge in [0.1, 0.15) is 16.9 Å². The molecule has 1 aliphatic heterocycles. The summed E-state index contributed by atoms with van der Waals surface area (Å²) in [5, 5.41) is 13.0. The average molecular weight is 524 g/mol. The quantitative estimate of drug-likeness (QED) is 0.502. The number of ether oxygens (including phenoxy) is 1. The fraction of sp³-hybridized carbons (Fsp3) is 0.231. The Morgan fingerprint density at radius 3 is 2.52 bits per heavy atom. The maximum Gasteiger partial charge on any atom is 0.237 e. The SMILES string of the molecule is CN(C)C(=O)[C@@]12C=C1[C@@]1(O)c3ncc(Cl)cc3O[C@@]1(c1ccc(Br)cc1)[C@@H]2c1ccccc1. The van der Waals surface area contributed by atoms with E-state index in [1.165, 1.54) is 6.20 Å². The molecule has 5 nitrogen and oxygen atoms in total. The Balaban J connectivity index is 1.71. The molecular formula is C26H20BrClN2O3. The van der Waals surface area contributed by atoms with Gasteiger partial charge >= 0.3 is 0 Å². The van der Waals surface area contributed by atoms with Crippen molar-refractivity contribution in [1.29, 1.82) is 0 Å². The summed E-state index contributed by atoms with van der Waals surface area (Å²) in [7, 11) is 3.47. The van der Waals surface area contributed by atoms with Crippen molar-refractivity contribution in [3.63, 3.8) is 0 Å². The zero-order chi connectivity index (χ0) is 23.2. The van der Waals surface area contributed by atoms with Crippen LogP contribution in [0.1, 0.15) is 22.7 Å². The number of benzene rings is 2. The van der Waals surface area contributed by atoms with Gasteiger partial charge in [0.05, 0.1) is 10.9 Å². The predicted octanol–water partition coefficient (Wildman–Crippen LogP) is 4.79. The van der Waals surface area contributed by atoms with Gasteiger partial charge < -0.3 is 14.7 Å². The molecule has 1 amide bonds. The largest absolute Gasteiger partial charge is 0.476 e. The van der Waals surface area contributed by atoms with Gasteiger partial charge in [0, 0.05) is 30.8 Å². The molecule has 2 aliphatic carbocycles. The molecule has 166 valence electrons. The summed E-state index contributed by atoms with van der Waals surface area (Å²) in [5.41, 5.74) is -1.28. The third kappa shape index (κ3) is 2.41. The number of pyridine rings is 1. The third-order valence-corrected chi connectivity index (χ3v) is 7.86. The van der Waals surface area contributed by atoms with E-state index in [9.17, 15) is 9.90 Å². The zero-order valence-electron chi connectivity index (χ0n) is 17.9. The standard InChI is InChI=1S/C26H20BrClN2O3/c1-30(2)23(31)24-13-20(24)25(32)22-19(12-18(28)14-29-22)33-26(25,16-8-10-17(27)11-9-16)21(24)15-6-4-3-5-7-15/h3-14,21,32H,1-2H3/t21-,24+,25-,26+/m1/s1. The first-order chi connectivity index (χ1) is 15.8. The lowest BCUT2D eigenvalue weighted by Gasteiger charge is -2.42. The van der Waals surface area contributed by atoms with Gasteiger partial charge in [-0.05, 0) is 28.8 Å². The highest BCUT2D eigenvalue weighted by molar-refractivity contribution is 9.10. The molecule has 2 heterocycles. The minimum Gasteiger partial charge on any atom is -0.476 e. The van der Waals surface area contributed by atoms with Crippen molar-refractivity contribution in [2.45, 2.75) is 17.1 Å². The third-order valence-electron chi connectivity index (χ3n) is 7.12. The van der Waals surface area contributed by atoms with Crippen LogP contribution in [-0.2, 0) is 16.0 Å². The molecule has 0 bridgehead atoms. The summed E-state index contributed by atoms with van der Waals surface area (Å²) in [6, 6.07) is 19.2. The van der Waals surface area contributed by atoms with E-state index < -0.39 is 22.5 Å². The van der Waals surface area contributed by atoms with Gasteiger partial charge in [-0.15, -0.1) is 0 Å². The van der Waals surface area contributed by atoms with Gasteiger partial charge in [-0.25, -0.2) is 0 Å². The van der Waals surface area contributed by atoms with E-state index in [4.69, 9.17) is 16.3 Å². The molecule has 1 N–H and O–H groups in total. The molecule has 0 saturated heterocycles. The number of carbonyl (C=O) groups is 1. The molecule has 0 spiro atoms. The van der Waals surface area contributed by atoms with Crippen LogP contribution in [0.25, 0.3) is 0 Å². The number of aliphatic hydroxyl groups is 1. The first-order valence-corrected chi connectivity index (χ1v) is 11.8. The monoisotopic (exact) mass is 522 g/mol. The van der Waals surface area contributed by atoms with E-state index in [0.717, 1.165) is 15.6 Å². The summed E-state index contributed by atoms with van der Waals surface area (Å²) in [4.78, 5) is 19.8. The summed E-state index contributed by atoms with van der Waals surface area (Å²) in [6.45, 7) is 0. The van der Waals surface area contributed by atoms with Crippen LogP contribution in [0, 0.1) is 5.41 Å². The lowest BCUT2D eigenvalue weighted by molar-refractivity contribution is -0.136. The van der Waals surface area contributed by atoms with Gasteiger partial charge in [-0.3, -0.25) is 9.78 Å². The van der Waals surface area contributed by atoms with Gasteiger partial charge in [0.15, 0.2) is 11.2 Å². The predicted molar refractivity (Wildman–Crippen MR) is 128 cm³/mol. The van der Waals surface area contributed by atoms with Crippen LogP contribution in [0.5, 0.6) is 5.75 Å². The Bertz CT molecular complexity index is 1340. The highest BCUT2D eigenvalue weighted by atomic mass is 79.9. The number of nitrogens with zero attached hydrogens (tertiary/aromatic N) is 2. The highest BCUT2D eigenvalue weighted by Gasteiger charge is 2.85. The average Bonchev–Trinajstić information content (AvgIpc) is 3.44. The van der Waals surface area contributed by atoms with Crippen LogP contribution in [0.3, 0.4) is 0 Å². The number of amides is 1. The first-order valence-electron chi connectivity index (χ1n) is 10.6. The van der Waals surface area contributed by atoms with E-state index in [0.29, 0.717) is 22.0 Å². The fourth-order valence-corrected chi connectivity index (χ4v) is 6.30. The molecule has 3 aliphatic rings. The van der Waals surface area contributed by atoms with Gasteiger partial charge in [-0.2, -0.15) is 0 Å². The van der Waals surface area contributed by atoms with Crippen LogP contribution in [0.2, 0.25) is 5.02 Å². The van der Waals surface area contributed by atoms with Gasteiger partial charge in [-0.1, -0.05) is 76.1 Å². The van der Waals surface area contributed by atoms with Crippen molar-refractivity contribution >= 4 is 33.4 Å². The minimum atomic E-state index is -1.63. The topological polar surface area (TPSA) is 62.7 Å². The van der Waals surface area contributed by atoms with Crippen LogP contribution in [0.4, 0.5) is 0 Å². The maximum atomic E-state index is 13.7. The molecule has 7 heteroatoms. The molecule has 4 atom stereocenters. The molecule has 1 saturated carbocycles. The number of hydrogen-bond acceptors (Lipinski definition) is 4. The lowest BCUT2D eigenvalue weighted by Crippen LogP contribution is -2.51. The number of rotatable bonds is 3. The normalized spacial score (nSPS) is 30.6. The number of halogens is 2. The van der Waals surface area contributed by atoms with Crippen molar-refractivity contribution in [3.8, 4) is 5.75 Å². The van der Waals surface area contributed by atoms with Crippen LogP contribution >= 0.6 is 27.5 Å². The molecule has 1 fully saturated rings. The number of fused-ring (bicyclic) bond motifs is 5. The second-order valence-electron chi connectivity index (χ2n) is 9.03. The molecule has 0 radical (unpaired) electrons. The molecule has 33 heavy (non-hydrogen) atoms. The second-order valence-corrected chi connectivity index (χ2v) is 10.4. The Morgan fingerprint density at radius 1 is 1.15 bits per heavy atom. The van der Waals surface area contributed by atoms with E-state index in [1.54, 1.807) is 25.1 Å². The van der Waals surface area contributed by atoms with Crippen LogP contribution < -0.4 is 4.74 Å². The highest BCUT2D eigenvalue weighted by Crippen LogP contribution is 2.80. The van der Waals surface area contributed by atoms with Crippen LogP contribution in [-0.4, -0.2) is 35.0 Å². The van der Waals surface area contributed by atoms with Crippen LogP contribution in [0.15, 0.2) is 83.0 Å². The van der Waals surface area contributed by atoms with Crippen molar-refractivity contribution in [1.82, 2.24) is 9.88 Å². The Hall–Kier alpha value is -2.67. The minimum absolute atomic E-state index is 0.0928. The second kappa shape index (κ2) is 6.69. The fourth-order valence-electron chi connectivity index (χ4n) is 5.89. The maximum absolute atomic E-state index is 13.7. The smallest absolute Gasteiger partial charge is 0.237 e. The lowest BCUT2D eigenvalue weighted by atomic mass is 9.67. The molecule has 3 aromatic rings.